The van der Waals surface area contributed by atoms with Crippen LogP contribution in [0.4, 0.5) is 0 Å². The minimum Gasteiger partial charge on any atom is -0.507 e. The summed E-state index contributed by atoms with van der Waals surface area (Å²) in [5.74, 6) is 1.91. The molecule has 4 nitrogen and oxygen atoms in total. The lowest BCUT2D eigenvalue weighted by Gasteiger charge is -2.24. The van der Waals surface area contributed by atoms with Crippen LogP contribution in [0.15, 0.2) is 182 Å². The molecule has 0 bridgehead atoms. The number of hydrogen-bond acceptors (Lipinski definition) is 4. The molecule has 10 aromatic rings. The highest BCUT2D eigenvalue weighted by molar-refractivity contribution is 6.15. The highest BCUT2D eigenvalue weighted by Crippen LogP contribution is 2.50. The van der Waals surface area contributed by atoms with Gasteiger partial charge in [0.15, 0.2) is 0 Å². The molecule has 10 aromatic carbocycles. The number of benzene rings is 10. The van der Waals surface area contributed by atoms with Crippen LogP contribution in [0, 0.1) is 0 Å². The molecule has 68 heavy (non-hydrogen) atoms. The fourth-order valence-corrected chi connectivity index (χ4v) is 9.73. The van der Waals surface area contributed by atoms with Crippen LogP contribution in [0.25, 0.3) is 87.6 Å². The number of rotatable bonds is 11. The Kier molecular flexibility index (Phi) is 11.7. The van der Waals surface area contributed by atoms with Gasteiger partial charge in [-0.25, -0.2) is 0 Å². The van der Waals surface area contributed by atoms with E-state index in [1.807, 2.05) is 48.5 Å². The van der Waals surface area contributed by atoms with Gasteiger partial charge in [-0.3, -0.25) is 0 Å². The van der Waals surface area contributed by atoms with Crippen LogP contribution < -0.4 is 9.47 Å². The van der Waals surface area contributed by atoms with Gasteiger partial charge in [0.25, 0.3) is 0 Å². The third kappa shape index (κ3) is 8.41. The van der Waals surface area contributed by atoms with Crippen molar-refractivity contribution in [2.75, 3.05) is 13.2 Å². The molecule has 0 aromatic heterocycles. The van der Waals surface area contributed by atoms with Gasteiger partial charge in [0.05, 0.1) is 13.2 Å². The van der Waals surface area contributed by atoms with Crippen molar-refractivity contribution in [2.45, 2.75) is 65.2 Å². The zero-order valence-corrected chi connectivity index (χ0v) is 39.9. The lowest BCUT2D eigenvalue weighted by atomic mass is 9.81. The first-order chi connectivity index (χ1) is 32.8. The summed E-state index contributed by atoms with van der Waals surface area (Å²) in [6.45, 7) is 14.2. The molecule has 0 atom stereocenters. The Morgan fingerprint density at radius 2 is 0.632 bits per heavy atom. The van der Waals surface area contributed by atoms with Crippen LogP contribution >= 0.6 is 0 Å². The van der Waals surface area contributed by atoms with E-state index in [0.29, 0.717) is 13.2 Å². The van der Waals surface area contributed by atoms with Gasteiger partial charge < -0.3 is 19.7 Å². The molecule has 0 aliphatic heterocycles. The SMILES string of the molecule is CC(C)(C)c1cc(-c2ccccc2OCCCCOc2ccccc2-c2cc(C(C)(C)C)cc(-c3c4ccccc4cc4ccccc34)c2O)c(O)c(-c2c3ccccc3cc3ccccc23)c1. The molecule has 2 N–H and O–H groups in total. The van der Waals surface area contributed by atoms with E-state index in [-0.39, 0.29) is 22.3 Å². The molecule has 0 saturated carbocycles. The molecular formula is C64H58O4. The summed E-state index contributed by atoms with van der Waals surface area (Å²) in [6, 6.07) is 62.8. The second-order valence-corrected chi connectivity index (χ2v) is 20.1. The molecular weight excluding hydrogens is 833 g/mol. The molecule has 0 aliphatic rings. The largest absolute Gasteiger partial charge is 0.507 e. The Balaban J connectivity index is 0.917. The summed E-state index contributed by atoms with van der Waals surface area (Å²) < 4.78 is 13.2. The first-order valence-electron chi connectivity index (χ1n) is 23.9. The standard InChI is InChI=1S/C64H58O4/c1-63(2,3)45-37-53(61(65)55(39-45)59-47-25-11-7-21-41(47)35-42-22-8-12-26-48(42)59)51-29-15-17-31-57(51)67-33-19-20-34-68-58-32-18-16-30-52(58)54-38-46(64(4,5)6)40-56(62(54)66)60-49-27-13-9-23-43(49)36-44-24-10-14-28-50(44)60/h7-18,21-32,35-40,65-66H,19-20,33-34H2,1-6H3. The van der Waals surface area contributed by atoms with Gasteiger partial charge in [-0.2, -0.15) is 0 Å². The van der Waals surface area contributed by atoms with Gasteiger partial charge in [0, 0.05) is 44.5 Å². The van der Waals surface area contributed by atoms with Crippen molar-refractivity contribution in [1.82, 2.24) is 0 Å². The average Bonchev–Trinajstić information content (AvgIpc) is 3.33. The predicted molar refractivity (Wildman–Crippen MR) is 286 cm³/mol. The van der Waals surface area contributed by atoms with Gasteiger partial charge in [-0.15, -0.1) is 0 Å². The predicted octanol–water partition coefficient (Wildman–Crippen LogP) is 17.2. The summed E-state index contributed by atoms with van der Waals surface area (Å²) in [5.41, 5.74) is 8.74. The monoisotopic (exact) mass is 890 g/mol. The van der Waals surface area contributed by atoms with Crippen molar-refractivity contribution < 1.29 is 19.7 Å². The normalized spacial score (nSPS) is 12.0. The first kappa shape index (κ1) is 44.3. The van der Waals surface area contributed by atoms with Crippen molar-refractivity contribution in [3.8, 4) is 67.5 Å². The third-order valence-corrected chi connectivity index (χ3v) is 13.4. The topological polar surface area (TPSA) is 58.9 Å². The van der Waals surface area contributed by atoms with Crippen LogP contribution in [0.1, 0.15) is 65.5 Å². The van der Waals surface area contributed by atoms with Gasteiger partial charge in [0.1, 0.15) is 23.0 Å². The Labute approximate surface area is 400 Å². The second-order valence-electron chi connectivity index (χ2n) is 20.1. The first-order valence-corrected chi connectivity index (χ1v) is 23.9. The highest BCUT2D eigenvalue weighted by atomic mass is 16.5. The molecule has 0 aliphatic carbocycles. The fourth-order valence-electron chi connectivity index (χ4n) is 9.73. The van der Waals surface area contributed by atoms with Crippen molar-refractivity contribution in [1.29, 1.82) is 0 Å². The number of para-hydroxylation sites is 2. The van der Waals surface area contributed by atoms with E-state index in [9.17, 15) is 10.2 Å². The fraction of sp³-hybridized carbons (Fsp3) is 0.188. The minimum absolute atomic E-state index is 0.186. The van der Waals surface area contributed by atoms with Crippen LogP contribution in [-0.4, -0.2) is 23.4 Å². The van der Waals surface area contributed by atoms with Crippen molar-refractivity contribution in [2.24, 2.45) is 0 Å². The highest BCUT2D eigenvalue weighted by Gasteiger charge is 2.26. The van der Waals surface area contributed by atoms with Crippen molar-refractivity contribution in [3.63, 3.8) is 0 Å². The van der Waals surface area contributed by atoms with Crippen molar-refractivity contribution >= 4 is 43.1 Å². The smallest absolute Gasteiger partial charge is 0.131 e. The molecule has 0 unspecified atom stereocenters. The van der Waals surface area contributed by atoms with E-state index >= 15 is 0 Å². The molecule has 0 spiro atoms. The van der Waals surface area contributed by atoms with E-state index in [1.165, 1.54) is 0 Å². The van der Waals surface area contributed by atoms with Gasteiger partial charge in [-0.05, 0) is 126 Å². The Bertz CT molecular complexity index is 3170. The summed E-state index contributed by atoms with van der Waals surface area (Å²) in [5, 5.41) is 33.8. The molecule has 0 radical (unpaired) electrons. The molecule has 4 heteroatoms. The number of ether oxygens (including phenoxy) is 2. The summed E-state index contributed by atoms with van der Waals surface area (Å²) in [6.07, 6.45) is 1.50. The lowest BCUT2D eigenvalue weighted by molar-refractivity contribution is 0.267. The maximum atomic E-state index is 12.4. The molecule has 0 heterocycles. The van der Waals surface area contributed by atoms with E-state index in [4.69, 9.17) is 9.47 Å². The Hall–Kier alpha value is -7.56. The number of fused-ring (bicyclic) bond motifs is 4. The van der Waals surface area contributed by atoms with Crippen LogP contribution in [-0.2, 0) is 10.8 Å². The van der Waals surface area contributed by atoms with E-state index in [2.05, 4.69) is 175 Å². The van der Waals surface area contributed by atoms with E-state index in [0.717, 1.165) is 123 Å². The lowest BCUT2D eigenvalue weighted by Crippen LogP contribution is -2.11. The Morgan fingerprint density at radius 3 is 0.971 bits per heavy atom. The molecule has 338 valence electrons. The zero-order chi connectivity index (χ0) is 47.2. The minimum atomic E-state index is -0.186. The molecule has 0 saturated heterocycles. The third-order valence-electron chi connectivity index (χ3n) is 13.4. The van der Waals surface area contributed by atoms with E-state index < -0.39 is 0 Å². The second kappa shape index (κ2) is 17.9. The maximum absolute atomic E-state index is 12.4. The van der Waals surface area contributed by atoms with Crippen molar-refractivity contribution in [3.05, 3.63) is 193 Å². The number of phenolic OH excluding ortho intramolecular Hbond substituents is 2. The molecule has 0 amide bonds. The van der Waals surface area contributed by atoms with Gasteiger partial charge in [-0.1, -0.05) is 175 Å². The van der Waals surface area contributed by atoms with Crippen LogP contribution in [0.5, 0.6) is 23.0 Å². The van der Waals surface area contributed by atoms with E-state index in [1.54, 1.807) is 0 Å². The Morgan fingerprint density at radius 1 is 0.338 bits per heavy atom. The zero-order valence-electron chi connectivity index (χ0n) is 39.9. The van der Waals surface area contributed by atoms with Crippen LogP contribution in [0.2, 0.25) is 0 Å². The average molecular weight is 891 g/mol. The summed E-state index contributed by atoms with van der Waals surface area (Å²) >= 11 is 0. The summed E-state index contributed by atoms with van der Waals surface area (Å²) in [7, 11) is 0. The van der Waals surface area contributed by atoms with Gasteiger partial charge >= 0.3 is 0 Å². The number of phenols is 2. The van der Waals surface area contributed by atoms with Crippen LogP contribution in [0.3, 0.4) is 0 Å². The number of hydrogen-bond donors (Lipinski definition) is 2. The molecule has 10 rings (SSSR count). The quantitative estimate of drug-likeness (QED) is 0.100. The maximum Gasteiger partial charge on any atom is 0.131 e. The number of unbranched alkanes of at least 4 members (excludes halogenated alkanes) is 1. The summed E-state index contributed by atoms with van der Waals surface area (Å²) in [4.78, 5) is 0. The number of aromatic hydroxyl groups is 2. The molecule has 0 fully saturated rings. The van der Waals surface area contributed by atoms with Gasteiger partial charge in [0.2, 0.25) is 0 Å².